The normalized spacial score (nSPS) is 36.8. The van der Waals surface area contributed by atoms with Crippen LogP contribution in [0.1, 0.15) is 52.4 Å². The molecule has 6 atom stereocenters. The second kappa shape index (κ2) is 9.34. The van der Waals surface area contributed by atoms with Gasteiger partial charge in [0.2, 0.25) is 11.8 Å². The Labute approximate surface area is 205 Å². The zero-order chi connectivity index (χ0) is 24.0. The van der Waals surface area contributed by atoms with Crippen molar-refractivity contribution in [2.75, 3.05) is 19.8 Å². The smallest absolute Gasteiger partial charge is 0.311 e. The fourth-order valence-electron chi connectivity index (χ4n) is 6.86. The van der Waals surface area contributed by atoms with E-state index in [-0.39, 0.29) is 48.2 Å². The topological polar surface area (TPSA) is 87.2 Å². The third kappa shape index (κ3) is 3.72. The Hall–Kier alpha value is -1.80. The van der Waals surface area contributed by atoms with Crippen LogP contribution in [0.2, 0.25) is 0 Å². The summed E-state index contributed by atoms with van der Waals surface area (Å²) in [4.78, 5) is 45.2. The summed E-state index contributed by atoms with van der Waals surface area (Å²) in [6.45, 7) is 4.65. The van der Waals surface area contributed by atoms with Gasteiger partial charge in [-0.1, -0.05) is 57.4 Å². The van der Waals surface area contributed by atoms with Crippen molar-refractivity contribution in [1.82, 2.24) is 9.80 Å². The molecule has 2 saturated heterocycles. The molecule has 3 fully saturated rings. The molecule has 1 unspecified atom stereocenters. The third-order valence-corrected chi connectivity index (χ3v) is 9.99. The standard InChI is InChI=1S/C26H36N2O5S/c1-16(2)14-18(15-29)28-22-24(31)27(17-8-4-3-5-9-17)12-7-11-26(22)21(23(28)30)20-19(34-26)10-6-13-33-25(20)32/h6-7,10-11,16-22,29H,3-5,8-9,12-15H2,1-2H3/t18-,19-,20+,21+,22?,26+/m1/s1. The number of carbonyl (C=O) groups excluding carboxylic acids is 3. The summed E-state index contributed by atoms with van der Waals surface area (Å²) in [6, 6.07) is -1.00. The summed E-state index contributed by atoms with van der Waals surface area (Å²) in [6.07, 6.45) is 13.9. The minimum atomic E-state index is -0.835. The fourth-order valence-corrected chi connectivity index (χ4v) is 8.85. The van der Waals surface area contributed by atoms with Gasteiger partial charge in [0.25, 0.3) is 0 Å². The molecule has 8 heteroatoms. The first-order valence-corrected chi connectivity index (χ1v) is 13.7. The van der Waals surface area contributed by atoms with Crippen molar-refractivity contribution in [3.63, 3.8) is 0 Å². The van der Waals surface area contributed by atoms with Crippen molar-refractivity contribution < 1.29 is 24.2 Å². The first kappa shape index (κ1) is 23.9. The number of fused-ring (bicyclic) bond motifs is 2. The lowest BCUT2D eigenvalue weighted by molar-refractivity contribution is -0.152. The maximum Gasteiger partial charge on any atom is 0.311 e. The maximum atomic E-state index is 14.3. The summed E-state index contributed by atoms with van der Waals surface area (Å²) in [5, 5.41) is 10.2. The summed E-state index contributed by atoms with van der Waals surface area (Å²) in [5.74, 6) is -1.64. The van der Waals surface area contributed by atoms with Crippen molar-refractivity contribution in [2.45, 2.75) is 80.5 Å². The minimum Gasteiger partial charge on any atom is -0.461 e. The fraction of sp³-hybridized carbons (Fsp3) is 0.731. The molecule has 1 aliphatic carbocycles. The molecule has 0 aromatic carbocycles. The highest BCUT2D eigenvalue weighted by Gasteiger charge is 2.72. The number of amides is 2. The van der Waals surface area contributed by atoms with E-state index in [1.54, 1.807) is 16.7 Å². The molecule has 1 saturated carbocycles. The van der Waals surface area contributed by atoms with Gasteiger partial charge < -0.3 is 19.6 Å². The number of hydrogen-bond donors (Lipinski definition) is 1. The Morgan fingerprint density at radius 1 is 1.15 bits per heavy atom. The van der Waals surface area contributed by atoms with Crippen LogP contribution in [0.3, 0.4) is 0 Å². The summed E-state index contributed by atoms with van der Waals surface area (Å²) in [5.41, 5.74) is 0. The summed E-state index contributed by atoms with van der Waals surface area (Å²) in [7, 11) is 0. The van der Waals surface area contributed by atoms with Gasteiger partial charge >= 0.3 is 5.97 Å². The van der Waals surface area contributed by atoms with E-state index >= 15 is 0 Å². The van der Waals surface area contributed by atoms with Crippen molar-refractivity contribution >= 4 is 29.5 Å². The van der Waals surface area contributed by atoms with Gasteiger partial charge in [0.15, 0.2) is 0 Å². The molecule has 0 aromatic rings. The van der Waals surface area contributed by atoms with E-state index in [4.69, 9.17) is 4.74 Å². The molecule has 0 radical (unpaired) electrons. The first-order valence-electron chi connectivity index (χ1n) is 12.8. The summed E-state index contributed by atoms with van der Waals surface area (Å²) >= 11 is 1.57. The Morgan fingerprint density at radius 2 is 1.91 bits per heavy atom. The number of aliphatic hydroxyl groups excluding tert-OH is 1. The van der Waals surface area contributed by atoms with Gasteiger partial charge in [0.05, 0.1) is 29.2 Å². The molecule has 4 heterocycles. The van der Waals surface area contributed by atoms with Crippen LogP contribution in [-0.4, -0.2) is 80.6 Å². The molecular weight excluding hydrogens is 452 g/mol. The van der Waals surface area contributed by atoms with Crippen LogP contribution in [-0.2, 0) is 19.1 Å². The number of carbonyl (C=O) groups is 3. The highest BCUT2D eigenvalue weighted by atomic mass is 32.2. The molecule has 4 aliphatic heterocycles. The van der Waals surface area contributed by atoms with E-state index in [1.807, 2.05) is 29.2 Å². The minimum absolute atomic E-state index is 0.0312. The lowest BCUT2D eigenvalue weighted by Gasteiger charge is -2.41. The van der Waals surface area contributed by atoms with Crippen molar-refractivity contribution in [1.29, 1.82) is 0 Å². The van der Waals surface area contributed by atoms with Crippen molar-refractivity contribution in [2.24, 2.45) is 17.8 Å². The van der Waals surface area contributed by atoms with Crippen LogP contribution < -0.4 is 0 Å². The van der Waals surface area contributed by atoms with E-state index in [1.165, 1.54) is 6.42 Å². The molecule has 7 nitrogen and oxygen atoms in total. The number of nitrogens with zero attached hydrogens (tertiary/aromatic N) is 2. The number of likely N-dealkylation sites (tertiary alicyclic amines) is 1. The van der Waals surface area contributed by atoms with Crippen LogP contribution in [0.5, 0.6) is 0 Å². The molecule has 5 rings (SSSR count). The van der Waals surface area contributed by atoms with E-state index in [0.29, 0.717) is 13.0 Å². The van der Waals surface area contributed by atoms with Crippen LogP contribution in [0.4, 0.5) is 0 Å². The van der Waals surface area contributed by atoms with E-state index in [9.17, 15) is 19.5 Å². The lowest BCUT2D eigenvalue weighted by Crippen LogP contribution is -2.58. The van der Waals surface area contributed by atoms with Gasteiger partial charge in [0, 0.05) is 17.8 Å². The molecule has 2 amide bonds. The van der Waals surface area contributed by atoms with E-state index < -0.39 is 28.7 Å². The van der Waals surface area contributed by atoms with Gasteiger partial charge in [0.1, 0.15) is 12.6 Å². The molecule has 1 N–H and O–H groups in total. The molecule has 5 aliphatic rings. The zero-order valence-corrected chi connectivity index (χ0v) is 20.9. The van der Waals surface area contributed by atoms with E-state index in [0.717, 1.165) is 25.7 Å². The van der Waals surface area contributed by atoms with E-state index in [2.05, 4.69) is 13.8 Å². The average Bonchev–Trinajstić information content (AvgIpc) is 3.12. The molecular formula is C26H36N2O5S. The lowest BCUT2D eigenvalue weighted by atomic mass is 9.78. The van der Waals surface area contributed by atoms with Gasteiger partial charge in [-0.25, -0.2) is 0 Å². The number of ether oxygens (including phenoxy) is 1. The largest absolute Gasteiger partial charge is 0.461 e. The van der Waals surface area contributed by atoms with Crippen LogP contribution in [0.25, 0.3) is 0 Å². The number of esters is 1. The second-order valence-electron chi connectivity index (χ2n) is 10.8. The molecule has 0 aromatic heterocycles. The number of cyclic esters (lactones) is 1. The Morgan fingerprint density at radius 3 is 2.62 bits per heavy atom. The quantitative estimate of drug-likeness (QED) is 0.473. The predicted octanol–water partition coefficient (Wildman–Crippen LogP) is 2.53. The second-order valence-corrected chi connectivity index (χ2v) is 12.3. The Kier molecular flexibility index (Phi) is 6.57. The number of aliphatic hydroxyl groups is 1. The Bertz CT molecular complexity index is 898. The first-order chi connectivity index (χ1) is 16.4. The SMILES string of the molecule is CC(C)C[C@H](CO)N1C(=O)[C@@H]2[C@H]3C(=O)OCC=C[C@H]3S[C@@]23C=CCN(C2CCCCC2)C(=O)C13. The summed E-state index contributed by atoms with van der Waals surface area (Å²) < 4.78 is 4.60. The average molecular weight is 489 g/mol. The maximum absolute atomic E-state index is 14.3. The number of thioether (sulfide) groups is 1. The third-order valence-electron chi connectivity index (χ3n) is 8.25. The Balaban J connectivity index is 1.60. The number of hydrogen-bond acceptors (Lipinski definition) is 6. The molecule has 1 spiro atoms. The van der Waals surface area contributed by atoms with Crippen molar-refractivity contribution in [3.8, 4) is 0 Å². The molecule has 186 valence electrons. The van der Waals surface area contributed by atoms with Gasteiger partial charge in [-0.2, -0.15) is 0 Å². The van der Waals surface area contributed by atoms with Gasteiger partial charge in [-0.05, 0) is 25.2 Å². The number of rotatable bonds is 5. The monoisotopic (exact) mass is 488 g/mol. The van der Waals surface area contributed by atoms with Crippen molar-refractivity contribution in [3.05, 3.63) is 24.3 Å². The zero-order valence-electron chi connectivity index (χ0n) is 20.1. The van der Waals surface area contributed by atoms with Crippen LogP contribution >= 0.6 is 11.8 Å². The molecule has 0 bridgehead atoms. The van der Waals surface area contributed by atoms with Gasteiger partial charge in [-0.15, -0.1) is 11.8 Å². The highest BCUT2D eigenvalue weighted by molar-refractivity contribution is 8.02. The highest BCUT2D eigenvalue weighted by Crippen LogP contribution is 2.61. The van der Waals surface area contributed by atoms with Crippen LogP contribution in [0.15, 0.2) is 24.3 Å². The van der Waals surface area contributed by atoms with Crippen LogP contribution in [0, 0.1) is 17.8 Å². The van der Waals surface area contributed by atoms with Gasteiger partial charge in [-0.3, -0.25) is 14.4 Å². The molecule has 34 heavy (non-hydrogen) atoms. The predicted molar refractivity (Wildman–Crippen MR) is 130 cm³/mol.